The first-order valence-electron chi connectivity index (χ1n) is 6.74. The number of carbonyl (C=O) groups excluding carboxylic acids is 1. The van der Waals surface area contributed by atoms with Gasteiger partial charge in [0.05, 0.1) is 0 Å². The highest BCUT2D eigenvalue weighted by Crippen LogP contribution is 2.30. The molecule has 1 saturated heterocycles. The summed E-state index contributed by atoms with van der Waals surface area (Å²) in [6, 6.07) is 5.54. The van der Waals surface area contributed by atoms with E-state index in [4.69, 9.17) is 9.47 Å². The molecule has 20 heavy (non-hydrogen) atoms. The summed E-state index contributed by atoms with van der Waals surface area (Å²) in [6.45, 7) is 2.98. The van der Waals surface area contributed by atoms with Crippen molar-refractivity contribution in [2.45, 2.75) is 18.9 Å². The molecule has 1 fully saturated rings. The monoisotopic (exact) mass is 298 g/mol. The quantitative estimate of drug-likeness (QED) is 0.865. The van der Waals surface area contributed by atoms with Gasteiger partial charge in [-0.1, -0.05) is 0 Å². The number of rotatable bonds is 2. The van der Waals surface area contributed by atoms with E-state index in [9.17, 15) is 4.79 Å². The molecule has 0 aliphatic carbocycles. The number of piperidine rings is 1. The van der Waals surface area contributed by atoms with Crippen LogP contribution in [-0.2, 0) is 0 Å². The van der Waals surface area contributed by atoms with Gasteiger partial charge in [0.2, 0.25) is 0 Å². The predicted octanol–water partition coefficient (Wildman–Crippen LogP) is 1.36. The molecule has 1 atom stereocenters. The largest absolute Gasteiger partial charge is 0.486 e. The predicted molar refractivity (Wildman–Crippen MR) is 78.0 cm³/mol. The van der Waals surface area contributed by atoms with Gasteiger partial charge >= 0.3 is 0 Å². The van der Waals surface area contributed by atoms with Crippen LogP contribution in [0.1, 0.15) is 23.2 Å². The number of nitrogens with one attached hydrogen (secondary N) is 2. The minimum absolute atomic E-state index is 0. The Kier molecular flexibility index (Phi) is 5.09. The summed E-state index contributed by atoms with van der Waals surface area (Å²) in [4.78, 5) is 12.2. The number of hydrogen-bond donors (Lipinski definition) is 2. The van der Waals surface area contributed by atoms with Gasteiger partial charge in [0.25, 0.3) is 5.91 Å². The molecule has 2 aliphatic rings. The third-order valence-corrected chi connectivity index (χ3v) is 3.44. The summed E-state index contributed by atoms with van der Waals surface area (Å²) in [5, 5.41) is 6.33. The van der Waals surface area contributed by atoms with Gasteiger partial charge < -0.3 is 20.1 Å². The second-order valence-corrected chi connectivity index (χ2v) is 4.88. The Morgan fingerprint density at radius 1 is 1.25 bits per heavy atom. The number of halogens is 1. The van der Waals surface area contributed by atoms with E-state index in [1.54, 1.807) is 18.2 Å². The van der Waals surface area contributed by atoms with Gasteiger partial charge in [-0.15, -0.1) is 12.4 Å². The van der Waals surface area contributed by atoms with Crippen molar-refractivity contribution in [2.75, 3.05) is 26.3 Å². The lowest BCUT2D eigenvalue weighted by molar-refractivity contribution is 0.0929. The lowest BCUT2D eigenvalue weighted by Gasteiger charge is -2.24. The molecule has 0 saturated carbocycles. The molecular weight excluding hydrogens is 280 g/mol. The molecule has 2 N–H and O–H groups in total. The molecule has 1 unspecified atom stereocenters. The van der Waals surface area contributed by atoms with Crippen molar-refractivity contribution < 1.29 is 14.3 Å². The Balaban J connectivity index is 0.00000147. The maximum Gasteiger partial charge on any atom is 0.251 e. The molecule has 0 radical (unpaired) electrons. The Morgan fingerprint density at radius 3 is 2.80 bits per heavy atom. The molecule has 1 amide bonds. The fraction of sp³-hybridized carbons (Fsp3) is 0.500. The molecule has 1 aromatic carbocycles. The third-order valence-electron chi connectivity index (χ3n) is 3.44. The molecule has 3 rings (SSSR count). The highest BCUT2D eigenvalue weighted by Gasteiger charge is 2.18. The topological polar surface area (TPSA) is 59.6 Å². The lowest BCUT2D eigenvalue weighted by Crippen LogP contribution is -2.45. The minimum Gasteiger partial charge on any atom is -0.486 e. The number of fused-ring (bicyclic) bond motifs is 1. The van der Waals surface area contributed by atoms with Crippen LogP contribution in [0.2, 0.25) is 0 Å². The lowest BCUT2D eigenvalue weighted by atomic mass is 10.1. The van der Waals surface area contributed by atoms with Gasteiger partial charge in [0.1, 0.15) is 13.2 Å². The maximum absolute atomic E-state index is 12.2. The number of benzene rings is 1. The van der Waals surface area contributed by atoms with Gasteiger partial charge in [-0.3, -0.25) is 4.79 Å². The SMILES string of the molecule is Cl.O=C(NC1CCCNC1)c1ccc2c(c1)OCCO2. The van der Waals surface area contributed by atoms with E-state index < -0.39 is 0 Å². The summed E-state index contributed by atoms with van der Waals surface area (Å²) in [7, 11) is 0. The molecule has 6 heteroatoms. The average Bonchev–Trinajstić information content (AvgIpc) is 2.48. The van der Waals surface area contributed by atoms with Gasteiger partial charge in [0.15, 0.2) is 11.5 Å². The van der Waals surface area contributed by atoms with Gasteiger partial charge in [-0.2, -0.15) is 0 Å². The van der Waals surface area contributed by atoms with E-state index in [1.807, 2.05) is 0 Å². The molecular formula is C14H19ClN2O3. The van der Waals surface area contributed by atoms with Crippen LogP contribution in [0, 0.1) is 0 Å². The van der Waals surface area contributed by atoms with Crippen LogP contribution < -0.4 is 20.1 Å². The van der Waals surface area contributed by atoms with Gasteiger partial charge in [0, 0.05) is 18.2 Å². The Bertz CT molecular complexity index is 475. The molecule has 2 aliphatic heterocycles. The number of hydrogen-bond acceptors (Lipinski definition) is 4. The smallest absolute Gasteiger partial charge is 0.251 e. The van der Waals surface area contributed by atoms with Gasteiger partial charge in [-0.05, 0) is 37.6 Å². The molecule has 5 nitrogen and oxygen atoms in total. The maximum atomic E-state index is 12.2. The third kappa shape index (κ3) is 3.35. The number of carbonyl (C=O) groups is 1. The van der Waals surface area contributed by atoms with Crippen LogP contribution in [-0.4, -0.2) is 38.3 Å². The zero-order valence-corrected chi connectivity index (χ0v) is 12.0. The van der Waals surface area contributed by atoms with Crippen LogP contribution in [0.3, 0.4) is 0 Å². The highest BCUT2D eigenvalue weighted by molar-refractivity contribution is 5.95. The van der Waals surface area contributed by atoms with Crippen molar-refractivity contribution >= 4 is 18.3 Å². The van der Waals surface area contributed by atoms with E-state index in [0.717, 1.165) is 25.9 Å². The summed E-state index contributed by atoms with van der Waals surface area (Å²) >= 11 is 0. The van der Waals surface area contributed by atoms with Crippen molar-refractivity contribution in [3.63, 3.8) is 0 Å². The normalized spacial score (nSPS) is 20.7. The molecule has 1 aromatic rings. The van der Waals surface area contributed by atoms with Crippen molar-refractivity contribution in [1.82, 2.24) is 10.6 Å². The standard InChI is InChI=1S/C14H18N2O3.ClH/c17-14(16-11-2-1-5-15-9-11)10-3-4-12-13(8-10)19-7-6-18-12;/h3-4,8,11,15H,1-2,5-7,9H2,(H,16,17);1H. The molecule has 110 valence electrons. The van der Waals surface area contributed by atoms with E-state index in [-0.39, 0.29) is 24.4 Å². The number of amides is 1. The first kappa shape index (κ1) is 14.9. The molecule has 0 bridgehead atoms. The zero-order chi connectivity index (χ0) is 13.1. The Labute approximate surface area is 124 Å². The summed E-state index contributed by atoms with van der Waals surface area (Å²) < 4.78 is 10.9. The summed E-state index contributed by atoms with van der Waals surface area (Å²) in [5.41, 5.74) is 0.620. The first-order valence-corrected chi connectivity index (χ1v) is 6.74. The summed E-state index contributed by atoms with van der Waals surface area (Å²) in [6.07, 6.45) is 2.13. The van der Waals surface area contributed by atoms with Crippen molar-refractivity contribution in [3.8, 4) is 11.5 Å². The molecule has 0 aromatic heterocycles. The Morgan fingerprint density at radius 2 is 2.05 bits per heavy atom. The van der Waals surface area contributed by atoms with E-state index >= 15 is 0 Å². The highest BCUT2D eigenvalue weighted by atomic mass is 35.5. The minimum atomic E-state index is -0.0503. The van der Waals surface area contributed by atoms with Crippen LogP contribution >= 0.6 is 12.4 Å². The van der Waals surface area contributed by atoms with Crippen molar-refractivity contribution in [2.24, 2.45) is 0 Å². The Hall–Kier alpha value is -1.46. The second kappa shape index (κ2) is 6.81. The van der Waals surface area contributed by atoms with Crippen molar-refractivity contribution in [3.05, 3.63) is 23.8 Å². The van der Waals surface area contributed by atoms with E-state index in [1.165, 1.54) is 0 Å². The van der Waals surface area contributed by atoms with Crippen molar-refractivity contribution in [1.29, 1.82) is 0 Å². The van der Waals surface area contributed by atoms with Crippen LogP contribution in [0.4, 0.5) is 0 Å². The van der Waals surface area contributed by atoms with E-state index in [2.05, 4.69) is 10.6 Å². The van der Waals surface area contributed by atoms with Crippen LogP contribution in [0.25, 0.3) is 0 Å². The van der Waals surface area contributed by atoms with Crippen LogP contribution in [0.5, 0.6) is 11.5 Å². The molecule has 0 spiro atoms. The first-order chi connectivity index (χ1) is 9.33. The fourth-order valence-corrected chi connectivity index (χ4v) is 2.43. The van der Waals surface area contributed by atoms with Crippen LogP contribution in [0.15, 0.2) is 18.2 Å². The zero-order valence-electron chi connectivity index (χ0n) is 11.2. The summed E-state index contributed by atoms with van der Waals surface area (Å²) in [5.74, 6) is 1.31. The number of ether oxygens (including phenoxy) is 2. The van der Waals surface area contributed by atoms with E-state index in [0.29, 0.717) is 30.3 Å². The van der Waals surface area contributed by atoms with Gasteiger partial charge in [-0.25, -0.2) is 0 Å². The molecule has 2 heterocycles. The fourth-order valence-electron chi connectivity index (χ4n) is 2.43. The average molecular weight is 299 g/mol. The second-order valence-electron chi connectivity index (χ2n) is 4.88.